The Labute approximate surface area is 167 Å². The molecule has 0 radical (unpaired) electrons. The van der Waals surface area contributed by atoms with Crippen molar-refractivity contribution in [1.29, 1.82) is 0 Å². The highest BCUT2D eigenvalue weighted by atomic mass is 16.5. The first-order chi connectivity index (χ1) is 14.0. The van der Waals surface area contributed by atoms with Gasteiger partial charge in [0, 0.05) is 22.7 Å². The number of ether oxygens (including phenoxy) is 1. The number of para-hydroxylation sites is 1. The van der Waals surface area contributed by atoms with E-state index in [1.165, 1.54) is 0 Å². The van der Waals surface area contributed by atoms with Crippen molar-refractivity contribution < 1.29 is 19.1 Å². The van der Waals surface area contributed by atoms with Crippen LogP contribution in [-0.4, -0.2) is 41.3 Å². The molecule has 0 saturated carbocycles. The number of ketones is 1. The summed E-state index contributed by atoms with van der Waals surface area (Å²) in [7, 11) is 1.56. The van der Waals surface area contributed by atoms with Crippen LogP contribution >= 0.6 is 0 Å². The van der Waals surface area contributed by atoms with E-state index < -0.39 is 17.5 Å². The van der Waals surface area contributed by atoms with Crippen molar-refractivity contribution in [2.45, 2.75) is 18.9 Å². The lowest BCUT2D eigenvalue weighted by molar-refractivity contribution is -0.131. The third-order valence-corrected chi connectivity index (χ3v) is 5.48. The van der Waals surface area contributed by atoms with Gasteiger partial charge >= 0.3 is 6.03 Å². The van der Waals surface area contributed by atoms with E-state index in [1.54, 1.807) is 37.6 Å². The maximum Gasteiger partial charge on any atom is 0.325 e. The topological polar surface area (TPSA) is 91.5 Å². The molecule has 2 heterocycles. The zero-order chi connectivity index (χ0) is 20.6. The number of hydrogen-bond acceptors (Lipinski definition) is 4. The lowest BCUT2D eigenvalue weighted by Crippen LogP contribution is -2.43. The van der Waals surface area contributed by atoms with Gasteiger partial charge in [0.05, 0.1) is 13.7 Å². The highest BCUT2D eigenvalue weighted by molar-refractivity contribution is 6.14. The molecule has 0 unspecified atom stereocenters. The van der Waals surface area contributed by atoms with Crippen LogP contribution in [0, 0.1) is 0 Å². The Kier molecular flexibility index (Phi) is 4.58. The maximum absolute atomic E-state index is 13.2. The summed E-state index contributed by atoms with van der Waals surface area (Å²) >= 11 is 0. The molecule has 1 aliphatic heterocycles. The Hall–Kier alpha value is -3.61. The van der Waals surface area contributed by atoms with Crippen LogP contribution in [0.25, 0.3) is 10.9 Å². The van der Waals surface area contributed by atoms with E-state index in [4.69, 9.17) is 4.74 Å². The minimum absolute atomic E-state index is 0.299. The molecule has 2 N–H and O–H groups in total. The summed E-state index contributed by atoms with van der Waals surface area (Å²) in [5.74, 6) is -0.0703. The Morgan fingerprint density at radius 2 is 1.83 bits per heavy atom. The van der Waals surface area contributed by atoms with Crippen LogP contribution in [0.5, 0.6) is 5.75 Å². The van der Waals surface area contributed by atoms with E-state index in [-0.39, 0.29) is 12.3 Å². The van der Waals surface area contributed by atoms with E-state index in [2.05, 4.69) is 10.3 Å². The number of aromatic amines is 1. The lowest BCUT2D eigenvalue weighted by Gasteiger charge is -2.25. The average Bonchev–Trinajstić information content (AvgIpc) is 3.29. The van der Waals surface area contributed by atoms with E-state index in [0.29, 0.717) is 23.3 Å². The fourth-order valence-corrected chi connectivity index (χ4v) is 3.82. The number of methoxy groups -OCH3 is 1. The van der Waals surface area contributed by atoms with Gasteiger partial charge in [-0.25, -0.2) is 4.79 Å². The molecule has 4 rings (SSSR count). The number of amides is 3. The van der Waals surface area contributed by atoms with Crippen LogP contribution in [-0.2, 0) is 10.3 Å². The van der Waals surface area contributed by atoms with E-state index >= 15 is 0 Å². The molecule has 0 aliphatic carbocycles. The summed E-state index contributed by atoms with van der Waals surface area (Å²) in [5, 5.41) is 3.56. The first-order valence-corrected chi connectivity index (χ1v) is 9.38. The number of Topliss-reactive ketones (excluding diaryl/α,β-unsaturated/α-hetero) is 1. The molecule has 1 fully saturated rings. The highest BCUT2D eigenvalue weighted by Crippen LogP contribution is 2.33. The monoisotopic (exact) mass is 391 g/mol. The minimum Gasteiger partial charge on any atom is -0.497 e. The smallest absolute Gasteiger partial charge is 0.325 e. The molecule has 7 heteroatoms. The van der Waals surface area contributed by atoms with Gasteiger partial charge in [0.2, 0.25) is 0 Å². The number of nitrogens with zero attached hydrogens (tertiary/aromatic N) is 1. The van der Waals surface area contributed by atoms with Crippen LogP contribution in [0.15, 0.2) is 54.7 Å². The number of carbonyl (C=O) groups is 3. The molecule has 2 aromatic carbocycles. The number of rotatable bonds is 6. The number of aromatic nitrogens is 1. The Bertz CT molecular complexity index is 1100. The molecule has 0 spiro atoms. The third kappa shape index (κ3) is 2.95. The zero-order valence-electron chi connectivity index (χ0n) is 16.2. The largest absolute Gasteiger partial charge is 0.497 e. The average molecular weight is 391 g/mol. The second-order valence-electron chi connectivity index (χ2n) is 6.98. The van der Waals surface area contributed by atoms with Crippen LogP contribution in [0.2, 0.25) is 0 Å². The van der Waals surface area contributed by atoms with E-state index in [0.717, 1.165) is 15.8 Å². The molecule has 1 aromatic heterocycles. The minimum atomic E-state index is -1.19. The quantitative estimate of drug-likeness (QED) is 0.499. The second-order valence-corrected chi connectivity index (χ2v) is 6.98. The van der Waals surface area contributed by atoms with Crippen molar-refractivity contribution in [3.05, 3.63) is 65.9 Å². The SMILES string of the molecule is CC[C@@]1(c2ccc(OC)cc2)NC(=O)N(CC(=O)c2c[nH]c3ccccc23)C1=O. The van der Waals surface area contributed by atoms with Crippen molar-refractivity contribution in [3.63, 3.8) is 0 Å². The van der Waals surface area contributed by atoms with Crippen molar-refractivity contribution in [2.75, 3.05) is 13.7 Å². The molecule has 3 aromatic rings. The zero-order valence-corrected chi connectivity index (χ0v) is 16.2. The summed E-state index contributed by atoms with van der Waals surface area (Å²) in [6.07, 6.45) is 1.98. The number of benzene rings is 2. The summed E-state index contributed by atoms with van der Waals surface area (Å²) in [6.45, 7) is 1.51. The number of fused-ring (bicyclic) bond motifs is 1. The van der Waals surface area contributed by atoms with Crippen LogP contribution in [0.3, 0.4) is 0 Å². The maximum atomic E-state index is 13.2. The van der Waals surface area contributed by atoms with Crippen molar-refractivity contribution >= 4 is 28.6 Å². The summed E-state index contributed by atoms with van der Waals surface area (Å²) in [4.78, 5) is 42.8. The molecular formula is C22H21N3O4. The molecule has 1 saturated heterocycles. The predicted octanol–water partition coefficient (Wildman–Crippen LogP) is 3.22. The van der Waals surface area contributed by atoms with Gasteiger partial charge in [-0.15, -0.1) is 0 Å². The molecule has 148 valence electrons. The van der Waals surface area contributed by atoms with Gasteiger partial charge in [0.1, 0.15) is 11.3 Å². The highest BCUT2D eigenvalue weighted by Gasteiger charge is 2.51. The second kappa shape index (κ2) is 7.09. The number of nitrogens with one attached hydrogen (secondary N) is 2. The lowest BCUT2D eigenvalue weighted by atomic mass is 9.87. The van der Waals surface area contributed by atoms with Crippen LogP contribution < -0.4 is 10.1 Å². The number of imide groups is 1. The molecule has 29 heavy (non-hydrogen) atoms. The normalized spacial score (nSPS) is 18.9. The first-order valence-electron chi connectivity index (χ1n) is 9.38. The number of H-pyrrole nitrogens is 1. The van der Waals surface area contributed by atoms with E-state index in [9.17, 15) is 14.4 Å². The van der Waals surface area contributed by atoms with Crippen molar-refractivity contribution in [1.82, 2.24) is 15.2 Å². The molecule has 1 atom stereocenters. The number of hydrogen-bond donors (Lipinski definition) is 2. The predicted molar refractivity (Wildman–Crippen MR) is 108 cm³/mol. The fraction of sp³-hybridized carbons (Fsp3) is 0.227. The Morgan fingerprint density at radius 1 is 1.10 bits per heavy atom. The Morgan fingerprint density at radius 3 is 2.52 bits per heavy atom. The fourth-order valence-electron chi connectivity index (χ4n) is 3.82. The first kappa shape index (κ1) is 18.7. The summed E-state index contributed by atoms with van der Waals surface area (Å²) < 4.78 is 5.17. The molecule has 1 aliphatic rings. The third-order valence-electron chi connectivity index (χ3n) is 5.48. The number of urea groups is 1. The Balaban J connectivity index is 1.62. The molecule has 3 amide bonds. The van der Waals surface area contributed by atoms with Crippen LogP contribution in [0.1, 0.15) is 29.3 Å². The van der Waals surface area contributed by atoms with Crippen LogP contribution in [0.4, 0.5) is 4.79 Å². The number of carbonyl (C=O) groups excluding carboxylic acids is 3. The summed E-state index contributed by atoms with van der Waals surface area (Å²) in [6, 6.07) is 13.8. The summed E-state index contributed by atoms with van der Waals surface area (Å²) in [5.41, 5.74) is 0.749. The molecule has 0 bridgehead atoms. The molecule has 7 nitrogen and oxygen atoms in total. The van der Waals surface area contributed by atoms with E-state index in [1.807, 2.05) is 31.2 Å². The van der Waals surface area contributed by atoms with Gasteiger partial charge in [-0.05, 0) is 30.2 Å². The van der Waals surface area contributed by atoms with Gasteiger partial charge in [0.25, 0.3) is 5.91 Å². The van der Waals surface area contributed by atoms with Gasteiger partial charge in [-0.2, -0.15) is 0 Å². The van der Waals surface area contributed by atoms with Gasteiger partial charge in [0.15, 0.2) is 5.78 Å². The van der Waals surface area contributed by atoms with Crippen molar-refractivity contribution in [3.8, 4) is 5.75 Å². The van der Waals surface area contributed by atoms with Crippen molar-refractivity contribution in [2.24, 2.45) is 0 Å². The molecular weight excluding hydrogens is 370 g/mol. The standard InChI is InChI=1S/C22H21N3O4/c1-3-22(14-8-10-15(29-2)11-9-14)20(27)25(21(28)24-22)13-19(26)17-12-23-18-7-5-4-6-16(17)18/h4-12,23H,3,13H2,1-2H3,(H,24,28)/t22-/m0/s1. The van der Waals surface area contributed by atoms with Gasteiger partial charge < -0.3 is 15.0 Å². The van der Waals surface area contributed by atoms with Gasteiger partial charge in [-0.1, -0.05) is 37.3 Å². The van der Waals surface area contributed by atoms with Gasteiger partial charge in [-0.3, -0.25) is 14.5 Å².